The maximum Gasteiger partial charge on any atom is 0.244 e. The molecule has 0 spiro atoms. The van der Waals surface area contributed by atoms with Gasteiger partial charge in [0.05, 0.1) is 13.2 Å². The number of nitrogens with one attached hydrogen (secondary N) is 1. The van der Waals surface area contributed by atoms with Crippen LogP contribution in [0, 0.1) is 0 Å². The smallest absolute Gasteiger partial charge is 0.244 e. The van der Waals surface area contributed by atoms with Crippen LogP contribution in [0.4, 0.5) is 0 Å². The molecule has 2 aromatic carbocycles. The van der Waals surface area contributed by atoms with Crippen molar-refractivity contribution in [3.63, 3.8) is 0 Å². The molecule has 0 saturated heterocycles. The third-order valence-electron chi connectivity index (χ3n) is 3.51. The number of amides is 1. The lowest BCUT2D eigenvalue weighted by atomic mass is 10.2. The first kappa shape index (κ1) is 15.2. The van der Waals surface area contributed by atoms with Crippen LogP contribution >= 0.6 is 0 Å². The number of ether oxygens (including phenoxy) is 2. The van der Waals surface area contributed by atoms with E-state index >= 15 is 0 Å². The van der Waals surface area contributed by atoms with Gasteiger partial charge in [-0.15, -0.1) is 0 Å². The summed E-state index contributed by atoms with van der Waals surface area (Å²) >= 11 is 0. The number of benzene rings is 2. The predicted molar refractivity (Wildman–Crippen MR) is 89.4 cm³/mol. The van der Waals surface area contributed by atoms with Crippen LogP contribution in [-0.4, -0.2) is 19.1 Å². The van der Waals surface area contributed by atoms with Gasteiger partial charge in [-0.1, -0.05) is 36.4 Å². The van der Waals surface area contributed by atoms with E-state index in [4.69, 9.17) is 9.47 Å². The molecule has 1 aliphatic heterocycles. The van der Waals surface area contributed by atoms with Crippen molar-refractivity contribution in [2.75, 3.05) is 13.2 Å². The quantitative estimate of drug-likeness (QED) is 0.882. The Morgan fingerprint density at radius 1 is 1.04 bits per heavy atom. The Morgan fingerprint density at radius 2 is 1.83 bits per heavy atom. The second kappa shape index (κ2) is 7.49. The molecule has 118 valence electrons. The summed E-state index contributed by atoms with van der Waals surface area (Å²) in [7, 11) is 0. The van der Waals surface area contributed by atoms with Gasteiger partial charge in [-0.25, -0.2) is 0 Å². The number of hydrogen-bond acceptors (Lipinski definition) is 3. The zero-order valence-electron chi connectivity index (χ0n) is 12.8. The third kappa shape index (κ3) is 4.36. The summed E-state index contributed by atoms with van der Waals surface area (Å²) in [5.41, 5.74) is 1.98. The van der Waals surface area contributed by atoms with Gasteiger partial charge in [-0.05, 0) is 29.3 Å². The zero-order valence-corrected chi connectivity index (χ0v) is 12.8. The van der Waals surface area contributed by atoms with Gasteiger partial charge in [0.25, 0.3) is 0 Å². The summed E-state index contributed by atoms with van der Waals surface area (Å²) in [5, 5.41) is 2.87. The molecule has 23 heavy (non-hydrogen) atoms. The van der Waals surface area contributed by atoms with E-state index in [9.17, 15) is 4.79 Å². The van der Waals surface area contributed by atoms with Crippen LogP contribution in [0.5, 0.6) is 11.5 Å². The molecule has 0 aliphatic carbocycles. The highest BCUT2D eigenvalue weighted by Crippen LogP contribution is 2.30. The molecule has 0 fully saturated rings. The van der Waals surface area contributed by atoms with Crippen molar-refractivity contribution in [3.8, 4) is 11.5 Å². The van der Waals surface area contributed by atoms with Gasteiger partial charge in [0.2, 0.25) is 5.91 Å². The van der Waals surface area contributed by atoms with Crippen molar-refractivity contribution in [1.29, 1.82) is 0 Å². The maximum atomic E-state index is 11.9. The Labute approximate surface area is 135 Å². The molecule has 4 heteroatoms. The van der Waals surface area contributed by atoms with Crippen molar-refractivity contribution < 1.29 is 14.3 Å². The first-order valence-corrected chi connectivity index (χ1v) is 7.71. The van der Waals surface area contributed by atoms with Crippen LogP contribution in [0.2, 0.25) is 0 Å². The van der Waals surface area contributed by atoms with Crippen molar-refractivity contribution in [2.24, 2.45) is 0 Å². The summed E-state index contributed by atoms with van der Waals surface area (Å²) in [6.07, 6.45) is 4.22. The highest BCUT2D eigenvalue weighted by atomic mass is 16.5. The molecule has 1 amide bonds. The number of carbonyl (C=O) groups excluding carboxylic acids is 1. The maximum absolute atomic E-state index is 11.9. The predicted octanol–water partition coefficient (Wildman–Crippen LogP) is 3.18. The molecule has 0 unspecified atom stereocenters. The highest BCUT2D eigenvalue weighted by Gasteiger charge is 2.10. The normalized spacial score (nSPS) is 13.6. The molecule has 1 heterocycles. The Morgan fingerprint density at radius 3 is 2.65 bits per heavy atom. The minimum atomic E-state index is -0.124. The lowest BCUT2D eigenvalue weighted by molar-refractivity contribution is -0.116. The van der Waals surface area contributed by atoms with Gasteiger partial charge >= 0.3 is 0 Å². The van der Waals surface area contributed by atoms with Crippen molar-refractivity contribution in [3.05, 3.63) is 65.7 Å². The first-order valence-electron chi connectivity index (χ1n) is 7.71. The summed E-state index contributed by atoms with van der Waals surface area (Å²) in [4.78, 5) is 11.9. The van der Waals surface area contributed by atoms with Crippen LogP contribution in [0.1, 0.15) is 17.5 Å². The van der Waals surface area contributed by atoms with Gasteiger partial charge in [-0.2, -0.15) is 0 Å². The van der Waals surface area contributed by atoms with E-state index in [0.29, 0.717) is 19.8 Å². The molecule has 2 aromatic rings. The molecule has 4 nitrogen and oxygen atoms in total. The average Bonchev–Trinajstić information content (AvgIpc) is 2.84. The van der Waals surface area contributed by atoms with Gasteiger partial charge in [0.15, 0.2) is 11.5 Å². The van der Waals surface area contributed by atoms with E-state index in [1.165, 1.54) is 0 Å². The van der Waals surface area contributed by atoms with Crippen molar-refractivity contribution in [1.82, 2.24) is 5.32 Å². The zero-order chi connectivity index (χ0) is 15.9. The van der Waals surface area contributed by atoms with Crippen LogP contribution < -0.4 is 14.8 Å². The molecule has 1 N–H and O–H groups in total. The second-order valence-electron chi connectivity index (χ2n) is 5.29. The monoisotopic (exact) mass is 309 g/mol. The summed E-state index contributed by atoms with van der Waals surface area (Å²) in [6.45, 7) is 1.78. The number of carbonyl (C=O) groups is 1. The Balaban J connectivity index is 1.57. The van der Waals surface area contributed by atoms with E-state index < -0.39 is 0 Å². The minimum Gasteiger partial charge on any atom is -0.490 e. The Bertz CT molecular complexity index is 695. The van der Waals surface area contributed by atoms with Crippen LogP contribution in [0.25, 0.3) is 6.08 Å². The summed E-state index contributed by atoms with van der Waals surface area (Å²) in [6, 6.07) is 15.5. The topological polar surface area (TPSA) is 47.6 Å². The minimum absolute atomic E-state index is 0.124. The van der Waals surface area contributed by atoms with Crippen LogP contribution in [0.3, 0.4) is 0 Å². The Hall–Kier alpha value is -2.75. The average molecular weight is 309 g/mol. The molecule has 0 bridgehead atoms. The number of rotatable bonds is 4. The largest absolute Gasteiger partial charge is 0.490 e. The molecular formula is C19H19NO3. The lowest BCUT2D eigenvalue weighted by Gasteiger charge is -2.09. The fourth-order valence-corrected chi connectivity index (χ4v) is 2.30. The molecule has 0 aromatic heterocycles. The van der Waals surface area contributed by atoms with Gasteiger partial charge in [-0.3, -0.25) is 4.79 Å². The SMILES string of the molecule is O=C(C=Cc1ccccc1)NCc1ccc2c(c1)OCCCO2. The van der Waals surface area contributed by atoms with Gasteiger partial charge in [0.1, 0.15) is 0 Å². The van der Waals surface area contributed by atoms with E-state index in [-0.39, 0.29) is 5.91 Å². The van der Waals surface area contributed by atoms with E-state index in [0.717, 1.165) is 29.0 Å². The molecule has 1 aliphatic rings. The van der Waals surface area contributed by atoms with Crippen molar-refractivity contribution >= 4 is 12.0 Å². The molecule has 0 radical (unpaired) electrons. The molecule has 0 atom stereocenters. The highest BCUT2D eigenvalue weighted by molar-refractivity contribution is 5.91. The standard InChI is InChI=1S/C19H19NO3/c21-19(10-8-15-5-2-1-3-6-15)20-14-16-7-9-17-18(13-16)23-12-4-11-22-17/h1-3,5-10,13H,4,11-12,14H2,(H,20,21). The van der Waals surface area contributed by atoms with Crippen LogP contribution in [0.15, 0.2) is 54.6 Å². The van der Waals surface area contributed by atoms with Crippen molar-refractivity contribution in [2.45, 2.75) is 13.0 Å². The Kier molecular flexibility index (Phi) is 4.94. The first-order chi connectivity index (χ1) is 11.3. The van der Waals surface area contributed by atoms with Gasteiger partial charge in [0, 0.05) is 19.0 Å². The third-order valence-corrected chi connectivity index (χ3v) is 3.51. The molecule has 0 saturated carbocycles. The van der Waals surface area contributed by atoms with Gasteiger partial charge < -0.3 is 14.8 Å². The summed E-state index contributed by atoms with van der Waals surface area (Å²) < 4.78 is 11.2. The number of hydrogen-bond donors (Lipinski definition) is 1. The van der Waals surface area contributed by atoms with E-state index in [1.54, 1.807) is 12.2 Å². The van der Waals surface area contributed by atoms with E-state index in [1.807, 2.05) is 48.5 Å². The fraction of sp³-hybridized carbons (Fsp3) is 0.211. The fourth-order valence-electron chi connectivity index (χ4n) is 2.30. The van der Waals surface area contributed by atoms with Crippen LogP contribution in [-0.2, 0) is 11.3 Å². The number of fused-ring (bicyclic) bond motifs is 1. The lowest BCUT2D eigenvalue weighted by Crippen LogP contribution is -2.20. The van der Waals surface area contributed by atoms with E-state index in [2.05, 4.69) is 5.32 Å². The molecule has 3 rings (SSSR count). The summed E-state index contributed by atoms with van der Waals surface area (Å²) in [5.74, 6) is 1.39. The molecular weight excluding hydrogens is 290 g/mol. The second-order valence-corrected chi connectivity index (χ2v) is 5.29.